The first-order valence-electron chi connectivity index (χ1n) is 9.60. The summed E-state index contributed by atoms with van der Waals surface area (Å²) < 4.78 is 0. The molecule has 1 fully saturated rings. The van der Waals surface area contributed by atoms with Gasteiger partial charge in [-0.1, -0.05) is 56.3 Å². The molecule has 2 aliphatic rings. The second-order valence-electron chi connectivity index (χ2n) is 7.49. The molecule has 132 valence electrons. The molecule has 1 saturated heterocycles. The minimum absolute atomic E-state index is 0.410. The molecule has 4 rings (SSSR count). The third-order valence-electron chi connectivity index (χ3n) is 5.77. The highest BCUT2D eigenvalue weighted by Gasteiger charge is 2.39. The zero-order chi connectivity index (χ0) is 17.3. The predicted octanol–water partition coefficient (Wildman–Crippen LogP) is 5.80. The van der Waals surface area contributed by atoms with Crippen LogP contribution in [0.2, 0.25) is 0 Å². The van der Waals surface area contributed by atoms with Crippen molar-refractivity contribution in [3.05, 3.63) is 48.5 Å². The highest BCUT2D eigenvalue weighted by atomic mass is 32.2. The summed E-state index contributed by atoms with van der Waals surface area (Å²) in [5, 5.41) is 0. The monoisotopic (exact) mass is 352 g/mol. The van der Waals surface area contributed by atoms with Crippen LogP contribution >= 0.6 is 11.8 Å². The Kier molecular flexibility index (Phi) is 4.79. The molecule has 0 amide bonds. The topological polar surface area (TPSA) is 6.48 Å². The van der Waals surface area contributed by atoms with Gasteiger partial charge in [0.2, 0.25) is 0 Å². The number of benzene rings is 2. The summed E-state index contributed by atoms with van der Waals surface area (Å²) in [5.74, 6) is 0. The number of rotatable bonds is 5. The average Bonchev–Trinajstić information content (AvgIpc) is 3.05. The Morgan fingerprint density at radius 2 is 1.60 bits per heavy atom. The Hall–Kier alpha value is -1.45. The van der Waals surface area contributed by atoms with Crippen molar-refractivity contribution in [2.75, 3.05) is 31.1 Å². The van der Waals surface area contributed by atoms with Crippen LogP contribution in [0.25, 0.3) is 0 Å². The highest BCUT2D eigenvalue weighted by molar-refractivity contribution is 7.99. The Labute approximate surface area is 156 Å². The van der Waals surface area contributed by atoms with Gasteiger partial charge in [0.05, 0.1) is 11.4 Å². The molecule has 0 bridgehead atoms. The van der Waals surface area contributed by atoms with Gasteiger partial charge in [-0.15, -0.1) is 0 Å². The van der Waals surface area contributed by atoms with Crippen LogP contribution in [0.1, 0.15) is 33.1 Å². The van der Waals surface area contributed by atoms with E-state index in [4.69, 9.17) is 0 Å². The van der Waals surface area contributed by atoms with Gasteiger partial charge >= 0.3 is 0 Å². The summed E-state index contributed by atoms with van der Waals surface area (Å²) in [6.07, 6.45) is 3.91. The number of hydrogen-bond acceptors (Lipinski definition) is 3. The molecular formula is C22H28N2S. The van der Waals surface area contributed by atoms with Crippen molar-refractivity contribution in [3.63, 3.8) is 0 Å². The fraction of sp³-hybridized carbons (Fsp3) is 0.455. The first-order valence-corrected chi connectivity index (χ1v) is 10.4. The van der Waals surface area contributed by atoms with Crippen molar-refractivity contribution in [1.29, 1.82) is 0 Å². The summed E-state index contributed by atoms with van der Waals surface area (Å²) in [6, 6.07) is 17.8. The molecule has 0 spiro atoms. The van der Waals surface area contributed by atoms with Crippen molar-refractivity contribution < 1.29 is 0 Å². The number of hydrogen-bond donors (Lipinski definition) is 0. The lowest BCUT2D eigenvalue weighted by Crippen LogP contribution is -2.38. The SMILES string of the molecule is CCCC1(CN2c3ccccc3Sc3ccccc32)CCN(CC)C1. The van der Waals surface area contributed by atoms with Crippen LogP contribution < -0.4 is 4.90 Å². The quantitative estimate of drug-likeness (QED) is 0.671. The molecule has 2 aromatic carbocycles. The van der Waals surface area contributed by atoms with Crippen molar-refractivity contribution in [3.8, 4) is 0 Å². The number of fused-ring (bicyclic) bond motifs is 2. The largest absolute Gasteiger partial charge is 0.339 e. The highest BCUT2D eigenvalue weighted by Crippen LogP contribution is 2.50. The summed E-state index contributed by atoms with van der Waals surface area (Å²) in [5.41, 5.74) is 3.18. The summed E-state index contributed by atoms with van der Waals surface area (Å²) in [6.45, 7) is 9.43. The van der Waals surface area contributed by atoms with Crippen LogP contribution in [0.3, 0.4) is 0 Å². The lowest BCUT2D eigenvalue weighted by atomic mass is 9.81. The molecule has 0 aliphatic carbocycles. The Balaban J connectivity index is 1.72. The van der Waals surface area contributed by atoms with E-state index in [1.807, 2.05) is 11.8 Å². The Morgan fingerprint density at radius 3 is 2.16 bits per heavy atom. The first-order chi connectivity index (χ1) is 12.2. The van der Waals surface area contributed by atoms with Gasteiger partial charge in [-0.25, -0.2) is 0 Å². The van der Waals surface area contributed by atoms with Crippen LogP contribution in [-0.2, 0) is 0 Å². The van der Waals surface area contributed by atoms with Gasteiger partial charge < -0.3 is 9.80 Å². The molecule has 3 heteroatoms. The van der Waals surface area contributed by atoms with Gasteiger partial charge in [0.25, 0.3) is 0 Å². The standard InChI is InChI=1S/C22H28N2S/c1-3-13-22(14-15-23(4-2)16-22)17-24-18-9-5-7-11-20(18)25-21-12-8-6-10-19(21)24/h5-12H,3-4,13-17H2,1-2H3. The molecule has 1 unspecified atom stereocenters. The third-order valence-corrected chi connectivity index (χ3v) is 6.90. The maximum absolute atomic E-state index is 2.63. The normalized spacial score (nSPS) is 22.7. The number of nitrogens with zero attached hydrogens (tertiary/aromatic N) is 2. The lowest BCUT2D eigenvalue weighted by molar-refractivity contribution is 0.251. The number of likely N-dealkylation sites (tertiary alicyclic amines) is 1. The minimum atomic E-state index is 0.410. The maximum atomic E-state index is 2.63. The van der Waals surface area contributed by atoms with Crippen molar-refractivity contribution >= 4 is 23.1 Å². The lowest BCUT2D eigenvalue weighted by Gasteiger charge is -2.40. The molecule has 0 saturated carbocycles. The fourth-order valence-corrected chi connectivity index (χ4v) is 5.62. The van der Waals surface area contributed by atoms with E-state index in [0.717, 1.165) is 6.54 Å². The zero-order valence-electron chi connectivity index (χ0n) is 15.4. The van der Waals surface area contributed by atoms with Crippen LogP contribution in [0.4, 0.5) is 11.4 Å². The summed E-state index contributed by atoms with van der Waals surface area (Å²) >= 11 is 1.91. The molecule has 0 radical (unpaired) electrons. The predicted molar refractivity (Wildman–Crippen MR) is 108 cm³/mol. The number of para-hydroxylation sites is 2. The van der Waals surface area contributed by atoms with E-state index in [9.17, 15) is 0 Å². The fourth-order valence-electron chi connectivity index (χ4n) is 4.53. The molecule has 0 N–H and O–H groups in total. The van der Waals surface area contributed by atoms with E-state index < -0.39 is 0 Å². The summed E-state index contributed by atoms with van der Waals surface area (Å²) in [7, 11) is 0. The third kappa shape index (κ3) is 3.20. The molecular weight excluding hydrogens is 324 g/mol. The number of anilines is 2. The van der Waals surface area contributed by atoms with Crippen molar-refractivity contribution in [2.24, 2.45) is 5.41 Å². The Bertz CT molecular complexity index is 699. The second-order valence-corrected chi connectivity index (χ2v) is 8.58. The molecule has 1 atom stereocenters. The molecule has 2 aliphatic heterocycles. The van der Waals surface area contributed by atoms with Gasteiger partial charge in [0, 0.05) is 28.3 Å². The first kappa shape index (κ1) is 17.0. The Morgan fingerprint density at radius 1 is 0.960 bits per heavy atom. The van der Waals surface area contributed by atoms with Gasteiger partial charge in [0.15, 0.2) is 0 Å². The van der Waals surface area contributed by atoms with E-state index in [-0.39, 0.29) is 0 Å². The minimum Gasteiger partial charge on any atom is -0.339 e. The average molecular weight is 353 g/mol. The summed E-state index contributed by atoms with van der Waals surface area (Å²) in [4.78, 5) is 8.01. The van der Waals surface area contributed by atoms with Gasteiger partial charge in [-0.05, 0) is 50.2 Å². The van der Waals surface area contributed by atoms with E-state index in [0.29, 0.717) is 5.41 Å². The molecule has 2 heterocycles. The molecule has 2 nitrogen and oxygen atoms in total. The maximum Gasteiger partial charge on any atom is 0.0553 e. The van der Waals surface area contributed by atoms with Crippen LogP contribution in [0, 0.1) is 5.41 Å². The van der Waals surface area contributed by atoms with Crippen LogP contribution in [0.15, 0.2) is 58.3 Å². The van der Waals surface area contributed by atoms with Gasteiger partial charge in [-0.3, -0.25) is 0 Å². The van der Waals surface area contributed by atoms with Crippen molar-refractivity contribution in [2.45, 2.75) is 42.9 Å². The molecule has 0 aromatic heterocycles. The van der Waals surface area contributed by atoms with E-state index in [1.165, 1.54) is 60.1 Å². The zero-order valence-corrected chi connectivity index (χ0v) is 16.2. The molecule has 25 heavy (non-hydrogen) atoms. The second kappa shape index (κ2) is 7.05. The van der Waals surface area contributed by atoms with Gasteiger partial charge in [0.1, 0.15) is 0 Å². The van der Waals surface area contributed by atoms with E-state index in [2.05, 4.69) is 72.2 Å². The van der Waals surface area contributed by atoms with Crippen molar-refractivity contribution in [1.82, 2.24) is 4.90 Å². The van der Waals surface area contributed by atoms with Gasteiger partial charge in [-0.2, -0.15) is 0 Å². The van der Waals surface area contributed by atoms with E-state index >= 15 is 0 Å². The van der Waals surface area contributed by atoms with Crippen LogP contribution in [-0.4, -0.2) is 31.1 Å². The van der Waals surface area contributed by atoms with Crippen LogP contribution in [0.5, 0.6) is 0 Å². The van der Waals surface area contributed by atoms with E-state index in [1.54, 1.807) is 0 Å². The smallest absolute Gasteiger partial charge is 0.0553 e. The molecule has 2 aromatic rings.